The van der Waals surface area contributed by atoms with Gasteiger partial charge in [0.05, 0.1) is 6.54 Å². The highest BCUT2D eigenvalue weighted by atomic mass is 127. The third kappa shape index (κ3) is 6.35. The highest BCUT2D eigenvalue weighted by Gasteiger charge is 2.23. The molecule has 0 aromatic carbocycles. The molecule has 2 aromatic heterocycles. The Hall–Kier alpha value is -0.810. The van der Waals surface area contributed by atoms with Crippen LogP contribution in [0.15, 0.2) is 22.3 Å². The molecule has 1 fully saturated rings. The van der Waals surface area contributed by atoms with Crippen LogP contribution in [0.5, 0.6) is 0 Å². The van der Waals surface area contributed by atoms with Gasteiger partial charge in [-0.1, -0.05) is 24.6 Å². The molecule has 0 radical (unpaired) electrons. The van der Waals surface area contributed by atoms with Gasteiger partial charge >= 0.3 is 0 Å². The summed E-state index contributed by atoms with van der Waals surface area (Å²) in [4.78, 5) is 6.98. The maximum atomic E-state index is 4.47. The molecule has 0 bridgehead atoms. The van der Waals surface area contributed by atoms with E-state index in [0.29, 0.717) is 6.04 Å². The van der Waals surface area contributed by atoms with Crippen molar-refractivity contribution < 1.29 is 0 Å². The molecular weight excluding hydrogens is 503 g/mol. The summed E-state index contributed by atoms with van der Waals surface area (Å²) >= 11 is 3.52. The monoisotopic (exact) mass is 534 g/mol. The van der Waals surface area contributed by atoms with Crippen LogP contribution < -0.4 is 10.6 Å². The van der Waals surface area contributed by atoms with E-state index < -0.39 is 0 Å². The molecule has 3 rings (SSSR count). The van der Waals surface area contributed by atoms with Gasteiger partial charge in [0, 0.05) is 35.8 Å². The second kappa shape index (κ2) is 12.0. The number of aryl methyl sites for hydroxylation is 2. The molecule has 9 heteroatoms. The van der Waals surface area contributed by atoms with Crippen molar-refractivity contribution in [2.75, 3.05) is 19.8 Å². The Labute approximate surface area is 193 Å². The predicted octanol–water partition coefficient (Wildman–Crippen LogP) is 4.40. The fourth-order valence-electron chi connectivity index (χ4n) is 3.57. The highest BCUT2D eigenvalue weighted by molar-refractivity contribution is 14.0. The average molecular weight is 535 g/mol. The number of thiophene rings is 1. The molecule has 0 amide bonds. The van der Waals surface area contributed by atoms with E-state index in [9.17, 15) is 0 Å². The Morgan fingerprint density at radius 3 is 2.71 bits per heavy atom. The van der Waals surface area contributed by atoms with Crippen LogP contribution >= 0.6 is 47.1 Å². The number of guanidine groups is 1. The third-order valence-corrected chi connectivity index (χ3v) is 6.57. The molecule has 1 aliphatic rings. The van der Waals surface area contributed by atoms with Gasteiger partial charge < -0.3 is 15.2 Å². The standard InChI is InChI=1S/C19H30N6S2.HI/c1-14-10-11-16(27-14)13-22-18(20-2)21-12-6-9-17-23-24-19(26-3)25(17)15-7-4-5-8-15;/h10-11,15H,4-9,12-13H2,1-3H3,(H2,20,21,22);1H. The predicted molar refractivity (Wildman–Crippen MR) is 130 cm³/mol. The summed E-state index contributed by atoms with van der Waals surface area (Å²) in [5.74, 6) is 1.98. The number of rotatable bonds is 8. The van der Waals surface area contributed by atoms with E-state index in [1.54, 1.807) is 11.8 Å². The number of halogens is 1. The van der Waals surface area contributed by atoms with Crippen LogP contribution in [0.3, 0.4) is 0 Å². The lowest BCUT2D eigenvalue weighted by Crippen LogP contribution is -2.37. The van der Waals surface area contributed by atoms with Crippen molar-refractivity contribution in [3.05, 3.63) is 27.7 Å². The molecule has 6 nitrogen and oxygen atoms in total. The van der Waals surface area contributed by atoms with Crippen LogP contribution in [0, 0.1) is 6.92 Å². The molecule has 0 aliphatic heterocycles. The van der Waals surface area contributed by atoms with Gasteiger partial charge in [-0.2, -0.15) is 0 Å². The van der Waals surface area contributed by atoms with E-state index in [0.717, 1.165) is 42.9 Å². The first kappa shape index (κ1) is 23.5. The molecule has 2 heterocycles. The minimum absolute atomic E-state index is 0. The van der Waals surface area contributed by atoms with E-state index in [-0.39, 0.29) is 24.0 Å². The molecule has 0 unspecified atom stereocenters. The van der Waals surface area contributed by atoms with Crippen molar-refractivity contribution in [2.45, 2.75) is 63.2 Å². The number of hydrogen-bond donors (Lipinski definition) is 2. The molecule has 28 heavy (non-hydrogen) atoms. The van der Waals surface area contributed by atoms with Crippen LogP contribution in [0.4, 0.5) is 0 Å². The topological polar surface area (TPSA) is 67.1 Å². The molecule has 1 aliphatic carbocycles. The second-order valence-corrected chi connectivity index (χ2v) is 9.03. The van der Waals surface area contributed by atoms with Crippen molar-refractivity contribution in [1.82, 2.24) is 25.4 Å². The molecule has 156 valence electrons. The average Bonchev–Trinajstić information content (AvgIpc) is 3.41. The van der Waals surface area contributed by atoms with Crippen LogP contribution in [-0.4, -0.2) is 40.6 Å². The maximum absolute atomic E-state index is 4.47. The lowest BCUT2D eigenvalue weighted by Gasteiger charge is -2.16. The number of nitrogens with one attached hydrogen (secondary N) is 2. The smallest absolute Gasteiger partial charge is 0.191 e. The van der Waals surface area contributed by atoms with Crippen molar-refractivity contribution in [1.29, 1.82) is 0 Å². The Kier molecular flexibility index (Phi) is 10.1. The zero-order chi connectivity index (χ0) is 19.1. The van der Waals surface area contributed by atoms with Gasteiger partial charge in [0.15, 0.2) is 11.1 Å². The van der Waals surface area contributed by atoms with Crippen LogP contribution in [0.1, 0.15) is 53.7 Å². The number of thioether (sulfide) groups is 1. The van der Waals surface area contributed by atoms with Gasteiger partial charge in [0.1, 0.15) is 5.82 Å². The van der Waals surface area contributed by atoms with Crippen molar-refractivity contribution >= 4 is 53.0 Å². The first-order valence-electron chi connectivity index (χ1n) is 9.69. The molecule has 0 atom stereocenters. The number of aromatic nitrogens is 3. The summed E-state index contributed by atoms with van der Waals surface area (Å²) in [6.45, 7) is 3.81. The second-order valence-electron chi connectivity index (χ2n) is 6.88. The van der Waals surface area contributed by atoms with Crippen LogP contribution in [0.25, 0.3) is 0 Å². The van der Waals surface area contributed by atoms with Gasteiger partial charge in [-0.15, -0.1) is 45.5 Å². The molecular formula is C19H31IN6S2. The maximum Gasteiger partial charge on any atom is 0.191 e. The van der Waals surface area contributed by atoms with Gasteiger partial charge in [-0.25, -0.2) is 0 Å². The zero-order valence-corrected chi connectivity index (χ0v) is 20.9. The molecule has 2 aromatic rings. The zero-order valence-electron chi connectivity index (χ0n) is 16.9. The first-order valence-corrected chi connectivity index (χ1v) is 11.7. The Morgan fingerprint density at radius 2 is 2.07 bits per heavy atom. The minimum atomic E-state index is 0. The summed E-state index contributed by atoms with van der Waals surface area (Å²) in [6, 6.07) is 4.91. The third-order valence-electron chi connectivity index (χ3n) is 4.93. The lowest BCUT2D eigenvalue weighted by atomic mass is 10.2. The van der Waals surface area contributed by atoms with Crippen LogP contribution in [-0.2, 0) is 13.0 Å². The van der Waals surface area contributed by atoms with E-state index in [1.165, 1.54) is 35.4 Å². The largest absolute Gasteiger partial charge is 0.356 e. The summed E-state index contributed by atoms with van der Waals surface area (Å²) in [7, 11) is 1.82. The fourth-order valence-corrected chi connectivity index (χ4v) is 4.97. The molecule has 1 saturated carbocycles. The van der Waals surface area contributed by atoms with Crippen LogP contribution in [0.2, 0.25) is 0 Å². The van der Waals surface area contributed by atoms with Crippen molar-refractivity contribution in [3.63, 3.8) is 0 Å². The highest BCUT2D eigenvalue weighted by Crippen LogP contribution is 2.33. The summed E-state index contributed by atoms with van der Waals surface area (Å²) in [6.07, 6.45) is 9.21. The lowest BCUT2D eigenvalue weighted by molar-refractivity contribution is 0.460. The quantitative estimate of drug-likeness (QED) is 0.173. The molecule has 0 saturated heterocycles. The summed E-state index contributed by atoms with van der Waals surface area (Å²) in [5.41, 5.74) is 0. The number of aliphatic imine (C=N–C) groups is 1. The fraction of sp³-hybridized carbons (Fsp3) is 0.632. The van der Waals surface area contributed by atoms with Crippen molar-refractivity contribution in [2.24, 2.45) is 4.99 Å². The normalized spacial score (nSPS) is 14.9. The number of hydrogen-bond acceptors (Lipinski definition) is 5. The summed E-state index contributed by atoms with van der Waals surface area (Å²) in [5, 5.41) is 16.7. The SMILES string of the molecule is CN=C(NCCCc1nnc(SC)n1C1CCCC1)NCc1ccc(C)s1.I. The van der Waals surface area contributed by atoms with E-state index in [4.69, 9.17) is 0 Å². The Balaban J connectivity index is 0.00000280. The summed E-state index contributed by atoms with van der Waals surface area (Å²) < 4.78 is 2.39. The number of nitrogens with zero attached hydrogens (tertiary/aromatic N) is 4. The Morgan fingerprint density at radius 1 is 1.29 bits per heavy atom. The van der Waals surface area contributed by atoms with E-state index in [1.807, 2.05) is 18.4 Å². The molecule has 0 spiro atoms. The first-order chi connectivity index (χ1) is 13.2. The van der Waals surface area contributed by atoms with Gasteiger partial charge in [0.2, 0.25) is 0 Å². The van der Waals surface area contributed by atoms with Gasteiger partial charge in [-0.05, 0) is 44.6 Å². The van der Waals surface area contributed by atoms with Crippen molar-refractivity contribution in [3.8, 4) is 0 Å². The van der Waals surface area contributed by atoms with E-state index in [2.05, 4.69) is 55.7 Å². The Bertz CT molecular complexity index is 751. The minimum Gasteiger partial charge on any atom is -0.356 e. The van der Waals surface area contributed by atoms with E-state index >= 15 is 0 Å². The van der Waals surface area contributed by atoms with Gasteiger partial charge in [-0.3, -0.25) is 4.99 Å². The molecule has 2 N–H and O–H groups in total. The van der Waals surface area contributed by atoms with Gasteiger partial charge in [0.25, 0.3) is 0 Å².